The van der Waals surface area contributed by atoms with Gasteiger partial charge in [-0.25, -0.2) is 13.6 Å². The molecule has 2 aromatic rings. The summed E-state index contributed by atoms with van der Waals surface area (Å²) in [5, 5.41) is 11.4. The van der Waals surface area contributed by atoms with Crippen molar-refractivity contribution in [3.05, 3.63) is 65.2 Å². The van der Waals surface area contributed by atoms with Crippen molar-refractivity contribution in [3.63, 3.8) is 0 Å². The highest BCUT2D eigenvalue weighted by Gasteiger charge is 2.46. The summed E-state index contributed by atoms with van der Waals surface area (Å²) in [7, 11) is 0. The number of hydrogen-bond donors (Lipinski definition) is 2. The minimum atomic E-state index is -1.06. The van der Waals surface area contributed by atoms with Crippen LogP contribution in [0.2, 0.25) is 0 Å². The number of carboxylic acids is 1. The molecule has 1 fully saturated rings. The van der Waals surface area contributed by atoms with Gasteiger partial charge in [0.2, 0.25) is 5.91 Å². The van der Waals surface area contributed by atoms with Gasteiger partial charge in [0.1, 0.15) is 17.4 Å². The topological polar surface area (TPSA) is 75.6 Å². The van der Waals surface area contributed by atoms with Crippen molar-refractivity contribution >= 4 is 11.9 Å². The van der Waals surface area contributed by atoms with Crippen LogP contribution < -0.4 is 10.1 Å². The van der Waals surface area contributed by atoms with E-state index >= 15 is 0 Å². The average Bonchev–Trinajstić information content (AvgIpc) is 3.40. The lowest BCUT2D eigenvalue weighted by molar-refractivity contribution is -0.139. The van der Waals surface area contributed by atoms with Crippen molar-refractivity contribution in [1.82, 2.24) is 5.32 Å². The molecular formula is C20H19F2NO4. The number of halogens is 2. The Kier molecular flexibility index (Phi) is 5.39. The number of carbonyl (C=O) groups excluding carboxylic acids is 1. The van der Waals surface area contributed by atoms with Crippen LogP contribution >= 0.6 is 0 Å². The fraction of sp³-hybridized carbons (Fsp3) is 0.300. The molecule has 27 heavy (non-hydrogen) atoms. The average molecular weight is 375 g/mol. The van der Waals surface area contributed by atoms with Crippen LogP contribution in [0.1, 0.15) is 36.4 Å². The standard InChI is InChI=1S/C20H19F2NO4/c1-11(12-5-7-13(8-6-12)27-10-18(24)25)23-20(26)15-9-14(15)19-16(21)3-2-4-17(19)22/h2-8,11,14-15H,9-10H2,1H3,(H,23,26)(H,24,25). The van der Waals surface area contributed by atoms with Crippen molar-refractivity contribution in [2.45, 2.75) is 25.3 Å². The van der Waals surface area contributed by atoms with E-state index in [1.165, 1.54) is 18.2 Å². The molecule has 1 saturated carbocycles. The number of carbonyl (C=O) groups is 2. The summed E-state index contributed by atoms with van der Waals surface area (Å²) in [6, 6.07) is 10.1. The van der Waals surface area contributed by atoms with Crippen LogP contribution in [-0.2, 0) is 9.59 Å². The number of aliphatic carboxylic acids is 1. The van der Waals surface area contributed by atoms with Gasteiger partial charge in [0.15, 0.2) is 6.61 Å². The number of nitrogens with one attached hydrogen (secondary N) is 1. The summed E-state index contributed by atoms with van der Waals surface area (Å²) in [4.78, 5) is 22.9. The zero-order valence-electron chi connectivity index (χ0n) is 14.6. The number of ether oxygens (including phenoxy) is 1. The minimum Gasteiger partial charge on any atom is -0.482 e. The lowest BCUT2D eigenvalue weighted by Gasteiger charge is -2.15. The molecule has 5 nitrogen and oxygen atoms in total. The molecule has 142 valence electrons. The first kappa shape index (κ1) is 18.8. The summed E-state index contributed by atoms with van der Waals surface area (Å²) in [5.74, 6) is -3.04. The predicted molar refractivity (Wildman–Crippen MR) is 93.3 cm³/mol. The monoisotopic (exact) mass is 375 g/mol. The molecule has 3 atom stereocenters. The SMILES string of the molecule is CC(NC(=O)C1CC1c1c(F)cccc1F)c1ccc(OCC(=O)O)cc1. The molecule has 0 saturated heterocycles. The smallest absolute Gasteiger partial charge is 0.341 e. The van der Waals surface area contributed by atoms with E-state index in [0.29, 0.717) is 12.2 Å². The molecule has 1 aliphatic carbocycles. The predicted octanol–water partition coefficient (Wildman–Crippen LogP) is 3.41. The molecule has 0 aliphatic heterocycles. The van der Waals surface area contributed by atoms with Crippen molar-refractivity contribution in [2.75, 3.05) is 6.61 Å². The van der Waals surface area contributed by atoms with Gasteiger partial charge in [0.05, 0.1) is 6.04 Å². The van der Waals surface area contributed by atoms with Gasteiger partial charge in [-0.3, -0.25) is 4.79 Å². The van der Waals surface area contributed by atoms with Crippen molar-refractivity contribution < 1.29 is 28.2 Å². The van der Waals surface area contributed by atoms with Crippen molar-refractivity contribution in [2.24, 2.45) is 5.92 Å². The molecule has 1 amide bonds. The summed E-state index contributed by atoms with van der Waals surface area (Å²) in [5.41, 5.74) is 0.783. The van der Waals surface area contributed by atoms with Gasteiger partial charge in [-0.05, 0) is 43.2 Å². The Bertz CT molecular complexity index is 833. The Morgan fingerprint density at radius 3 is 2.41 bits per heavy atom. The zero-order valence-corrected chi connectivity index (χ0v) is 14.6. The third-order valence-corrected chi connectivity index (χ3v) is 4.60. The fourth-order valence-corrected chi connectivity index (χ4v) is 3.07. The van der Waals surface area contributed by atoms with Gasteiger partial charge in [-0.2, -0.15) is 0 Å². The highest BCUT2D eigenvalue weighted by Crippen LogP contribution is 2.49. The molecule has 3 rings (SSSR count). The maximum absolute atomic E-state index is 13.8. The zero-order chi connectivity index (χ0) is 19.6. The Hall–Kier alpha value is -2.96. The van der Waals surface area contributed by atoms with Gasteiger partial charge in [0, 0.05) is 17.4 Å². The van der Waals surface area contributed by atoms with E-state index in [9.17, 15) is 18.4 Å². The lowest BCUT2D eigenvalue weighted by Crippen LogP contribution is -2.28. The molecule has 7 heteroatoms. The van der Waals surface area contributed by atoms with Crippen molar-refractivity contribution in [1.29, 1.82) is 0 Å². The van der Waals surface area contributed by atoms with Crippen LogP contribution in [0.25, 0.3) is 0 Å². The molecule has 0 radical (unpaired) electrons. The van der Waals surface area contributed by atoms with Crippen LogP contribution in [0, 0.1) is 17.6 Å². The van der Waals surface area contributed by atoms with E-state index in [-0.39, 0.29) is 17.5 Å². The third-order valence-electron chi connectivity index (χ3n) is 4.60. The highest BCUT2D eigenvalue weighted by molar-refractivity contribution is 5.83. The summed E-state index contributed by atoms with van der Waals surface area (Å²) >= 11 is 0. The molecule has 0 aromatic heterocycles. The third kappa shape index (κ3) is 4.42. The van der Waals surface area contributed by atoms with E-state index < -0.39 is 36.0 Å². The number of carboxylic acid groups (broad SMARTS) is 1. The molecule has 0 bridgehead atoms. The molecule has 1 aliphatic rings. The van der Waals surface area contributed by atoms with Crippen molar-refractivity contribution in [3.8, 4) is 5.75 Å². The number of benzene rings is 2. The second-order valence-corrected chi connectivity index (χ2v) is 6.57. The van der Waals surface area contributed by atoms with Crippen LogP contribution in [-0.4, -0.2) is 23.6 Å². The first-order valence-corrected chi connectivity index (χ1v) is 8.55. The number of amides is 1. The molecular weight excluding hydrogens is 356 g/mol. The van der Waals surface area contributed by atoms with Crippen LogP contribution in [0.3, 0.4) is 0 Å². The number of hydrogen-bond acceptors (Lipinski definition) is 3. The van der Waals surface area contributed by atoms with E-state index in [1.807, 2.05) is 0 Å². The summed E-state index contributed by atoms with van der Waals surface area (Å²) in [6.07, 6.45) is 0.415. The number of rotatable bonds is 7. The largest absolute Gasteiger partial charge is 0.482 e. The van der Waals surface area contributed by atoms with Gasteiger partial charge < -0.3 is 15.2 Å². The minimum absolute atomic E-state index is 0.0229. The Morgan fingerprint density at radius 1 is 1.19 bits per heavy atom. The van der Waals surface area contributed by atoms with Crippen LogP contribution in [0.4, 0.5) is 8.78 Å². The highest BCUT2D eigenvalue weighted by atomic mass is 19.1. The van der Waals surface area contributed by atoms with Crippen LogP contribution in [0.5, 0.6) is 5.75 Å². The Labute approximate surface area is 155 Å². The molecule has 0 heterocycles. The van der Waals surface area contributed by atoms with Gasteiger partial charge in [-0.1, -0.05) is 18.2 Å². The molecule has 2 N–H and O–H groups in total. The Morgan fingerprint density at radius 2 is 1.81 bits per heavy atom. The Balaban J connectivity index is 1.58. The summed E-state index contributed by atoms with van der Waals surface area (Å²) in [6.45, 7) is 1.37. The fourth-order valence-electron chi connectivity index (χ4n) is 3.07. The van der Waals surface area contributed by atoms with Gasteiger partial charge >= 0.3 is 5.97 Å². The molecule has 0 spiro atoms. The van der Waals surface area contributed by atoms with Gasteiger partial charge in [-0.15, -0.1) is 0 Å². The van der Waals surface area contributed by atoms with E-state index in [1.54, 1.807) is 31.2 Å². The lowest BCUT2D eigenvalue weighted by atomic mass is 10.1. The van der Waals surface area contributed by atoms with E-state index in [0.717, 1.165) is 5.56 Å². The maximum Gasteiger partial charge on any atom is 0.341 e. The van der Waals surface area contributed by atoms with Crippen LogP contribution in [0.15, 0.2) is 42.5 Å². The second kappa shape index (κ2) is 7.73. The van der Waals surface area contributed by atoms with E-state index in [4.69, 9.17) is 9.84 Å². The quantitative estimate of drug-likeness (QED) is 0.778. The van der Waals surface area contributed by atoms with Gasteiger partial charge in [0.25, 0.3) is 0 Å². The first-order valence-electron chi connectivity index (χ1n) is 8.55. The molecule has 2 aromatic carbocycles. The summed E-state index contributed by atoms with van der Waals surface area (Å²) < 4.78 is 32.7. The molecule has 3 unspecified atom stereocenters. The second-order valence-electron chi connectivity index (χ2n) is 6.57. The van der Waals surface area contributed by atoms with E-state index in [2.05, 4.69) is 5.32 Å². The maximum atomic E-state index is 13.8. The first-order chi connectivity index (χ1) is 12.9. The normalized spacial score (nSPS) is 19.2.